The molecule has 6 nitrogen and oxygen atoms in total. The Labute approximate surface area is 164 Å². The van der Waals surface area contributed by atoms with Gasteiger partial charge in [-0.3, -0.25) is 4.31 Å². The van der Waals surface area contributed by atoms with Crippen molar-refractivity contribution in [1.82, 2.24) is 19.9 Å². The summed E-state index contributed by atoms with van der Waals surface area (Å²) in [7, 11) is 0. The molecule has 0 spiro atoms. The first-order valence-electron chi connectivity index (χ1n) is 8.52. The Kier molecular flexibility index (Phi) is 4.06. The molecule has 0 saturated heterocycles. The highest BCUT2D eigenvalue weighted by atomic mass is 32.2. The van der Waals surface area contributed by atoms with Gasteiger partial charge in [0.15, 0.2) is 11.5 Å². The van der Waals surface area contributed by atoms with Crippen molar-refractivity contribution >= 4 is 52.0 Å². The SMILES string of the molecule is CC(Nc1ncnc2[nH]cnc12)C1=Cc2sccc2SN1c1ccccc1. The lowest BCUT2D eigenvalue weighted by Crippen LogP contribution is -2.30. The van der Waals surface area contributed by atoms with E-state index in [1.807, 2.05) is 6.07 Å². The maximum absolute atomic E-state index is 4.39. The average Bonchev–Trinajstić information content (AvgIpc) is 3.37. The van der Waals surface area contributed by atoms with Crippen LogP contribution in [0.25, 0.3) is 17.2 Å². The summed E-state index contributed by atoms with van der Waals surface area (Å²) in [4.78, 5) is 18.5. The van der Waals surface area contributed by atoms with Crippen molar-refractivity contribution < 1.29 is 0 Å². The zero-order valence-electron chi connectivity index (χ0n) is 14.5. The molecule has 0 bridgehead atoms. The number of hydrogen-bond donors (Lipinski definition) is 2. The molecule has 0 radical (unpaired) electrons. The first-order chi connectivity index (χ1) is 13.3. The van der Waals surface area contributed by atoms with Crippen molar-refractivity contribution in [3.8, 4) is 0 Å². The summed E-state index contributed by atoms with van der Waals surface area (Å²) in [5.41, 5.74) is 3.79. The zero-order chi connectivity index (χ0) is 18.2. The van der Waals surface area contributed by atoms with Crippen molar-refractivity contribution in [2.45, 2.75) is 17.9 Å². The Bertz CT molecular complexity index is 1120. The minimum atomic E-state index is 0.0303. The van der Waals surface area contributed by atoms with Gasteiger partial charge in [-0.2, -0.15) is 0 Å². The number of fused-ring (bicyclic) bond motifs is 2. The van der Waals surface area contributed by atoms with Crippen molar-refractivity contribution in [3.63, 3.8) is 0 Å². The maximum Gasteiger partial charge on any atom is 0.162 e. The van der Waals surface area contributed by atoms with Crippen LogP contribution in [0, 0.1) is 0 Å². The number of para-hydroxylation sites is 1. The van der Waals surface area contributed by atoms with E-state index >= 15 is 0 Å². The predicted molar refractivity (Wildman–Crippen MR) is 112 cm³/mol. The fourth-order valence-electron chi connectivity index (χ4n) is 3.05. The van der Waals surface area contributed by atoms with E-state index in [-0.39, 0.29) is 6.04 Å². The van der Waals surface area contributed by atoms with Crippen LogP contribution in [0.5, 0.6) is 0 Å². The molecule has 3 aromatic heterocycles. The lowest BCUT2D eigenvalue weighted by Gasteiger charge is -2.33. The van der Waals surface area contributed by atoms with Gasteiger partial charge in [-0.05, 0) is 48.5 Å². The Balaban J connectivity index is 1.53. The second-order valence-corrected chi connectivity index (χ2v) is 8.06. The van der Waals surface area contributed by atoms with Crippen molar-refractivity contribution in [3.05, 3.63) is 65.0 Å². The molecule has 0 saturated carbocycles. The number of hydrogen-bond acceptors (Lipinski definition) is 7. The van der Waals surface area contributed by atoms with E-state index in [1.165, 1.54) is 15.5 Å². The van der Waals surface area contributed by atoms with E-state index in [9.17, 15) is 0 Å². The van der Waals surface area contributed by atoms with E-state index in [1.54, 1.807) is 35.9 Å². The molecule has 0 aliphatic carbocycles. The van der Waals surface area contributed by atoms with Gasteiger partial charge in [0.05, 0.1) is 23.8 Å². The minimum absolute atomic E-state index is 0.0303. The third-order valence-electron chi connectivity index (χ3n) is 4.37. The molecular weight excluding hydrogens is 376 g/mol. The number of rotatable bonds is 4. The normalized spacial score (nSPS) is 14.7. The zero-order valence-corrected chi connectivity index (χ0v) is 16.1. The minimum Gasteiger partial charge on any atom is -0.360 e. The largest absolute Gasteiger partial charge is 0.360 e. The summed E-state index contributed by atoms with van der Waals surface area (Å²) in [6, 6.07) is 12.6. The van der Waals surface area contributed by atoms with Crippen molar-refractivity contribution in [2.24, 2.45) is 0 Å². The molecule has 0 fully saturated rings. The van der Waals surface area contributed by atoms with Crippen LogP contribution in [-0.2, 0) is 0 Å². The molecule has 27 heavy (non-hydrogen) atoms. The molecule has 134 valence electrons. The maximum atomic E-state index is 4.39. The van der Waals surface area contributed by atoms with Gasteiger partial charge in [-0.15, -0.1) is 11.3 Å². The van der Waals surface area contributed by atoms with Gasteiger partial charge in [0.25, 0.3) is 0 Å². The molecule has 1 atom stereocenters. The fourth-order valence-corrected chi connectivity index (χ4v) is 5.13. The highest BCUT2D eigenvalue weighted by molar-refractivity contribution is 8.01. The van der Waals surface area contributed by atoms with E-state index in [4.69, 9.17) is 0 Å². The fraction of sp³-hybridized carbons (Fsp3) is 0.105. The Morgan fingerprint density at radius 2 is 2.00 bits per heavy atom. The van der Waals surface area contributed by atoms with Crippen LogP contribution in [-0.4, -0.2) is 26.0 Å². The molecule has 8 heteroatoms. The molecule has 1 unspecified atom stereocenters. The summed E-state index contributed by atoms with van der Waals surface area (Å²) in [5, 5.41) is 5.65. The number of imidazole rings is 1. The first-order valence-corrected chi connectivity index (χ1v) is 10.2. The third-order valence-corrected chi connectivity index (χ3v) is 6.52. The molecule has 1 aromatic carbocycles. The highest BCUT2D eigenvalue weighted by Crippen LogP contribution is 2.43. The summed E-state index contributed by atoms with van der Waals surface area (Å²) in [6.45, 7) is 2.14. The lowest BCUT2D eigenvalue weighted by atomic mass is 10.2. The van der Waals surface area contributed by atoms with E-state index in [0.717, 1.165) is 22.7 Å². The molecule has 1 aliphatic heterocycles. The van der Waals surface area contributed by atoms with Gasteiger partial charge in [0.1, 0.15) is 11.8 Å². The van der Waals surface area contributed by atoms with Gasteiger partial charge >= 0.3 is 0 Å². The number of aromatic amines is 1. The third kappa shape index (κ3) is 2.96. The van der Waals surface area contributed by atoms with Crippen LogP contribution in [0.4, 0.5) is 11.5 Å². The van der Waals surface area contributed by atoms with Crippen LogP contribution in [0.3, 0.4) is 0 Å². The standard InChI is InChI=1S/C19H16N6S2/c1-12(24-19-17-18(21-10-20-17)22-11-23-19)14-9-16-15(7-8-26-16)27-25(14)13-5-3-2-4-6-13/h2-12H,1H3,(H2,20,21,22,23,24). The van der Waals surface area contributed by atoms with Gasteiger partial charge < -0.3 is 10.3 Å². The number of benzene rings is 1. The van der Waals surface area contributed by atoms with Crippen LogP contribution in [0.2, 0.25) is 0 Å². The second kappa shape index (κ2) is 6.71. The topological polar surface area (TPSA) is 69.7 Å². The summed E-state index contributed by atoms with van der Waals surface area (Å²) >= 11 is 3.51. The quantitative estimate of drug-likeness (QED) is 0.487. The summed E-state index contributed by atoms with van der Waals surface area (Å²) in [6.07, 6.45) is 5.44. The van der Waals surface area contributed by atoms with E-state index in [0.29, 0.717) is 0 Å². The summed E-state index contributed by atoms with van der Waals surface area (Å²) < 4.78 is 2.27. The molecule has 4 heterocycles. The Morgan fingerprint density at radius 1 is 1.11 bits per heavy atom. The van der Waals surface area contributed by atoms with Crippen LogP contribution < -0.4 is 9.62 Å². The molecule has 5 rings (SSSR count). The van der Waals surface area contributed by atoms with Gasteiger partial charge in [-0.25, -0.2) is 15.0 Å². The number of nitrogens with zero attached hydrogens (tertiary/aromatic N) is 4. The number of thiophene rings is 1. The lowest BCUT2D eigenvalue weighted by molar-refractivity contribution is 0.902. The monoisotopic (exact) mass is 392 g/mol. The van der Waals surface area contributed by atoms with Crippen LogP contribution in [0.1, 0.15) is 11.8 Å². The van der Waals surface area contributed by atoms with Gasteiger partial charge in [-0.1, -0.05) is 18.2 Å². The van der Waals surface area contributed by atoms with Crippen LogP contribution >= 0.6 is 23.3 Å². The summed E-state index contributed by atoms with van der Waals surface area (Å²) in [5.74, 6) is 0.727. The second-order valence-electron chi connectivity index (χ2n) is 6.13. The number of H-pyrrole nitrogens is 1. The Morgan fingerprint density at radius 3 is 2.89 bits per heavy atom. The molecule has 0 amide bonds. The molecule has 1 aliphatic rings. The van der Waals surface area contributed by atoms with Crippen LogP contribution in [0.15, 0.2) is 65.0 Å². The van der Waals surface area contributed by atoms with E-state index < -0.39 is 0 Å². The Hall–Kier alpha value is -2.84. The predicted octanol–water partition coefficient (Wildman–Crippen LogP) is 4.78. The van der Waals surface area contributed by atoms with E-state index in [2.05, 4.69) is 78.3 Å². The molecule has 4 aromatic rings. The highest BCUT2D eigenvalue weighted by Gasteiger charge is 2.26. The van der Waals surface area contributed by atoms with Gasteiger partial charge in [0.2, 0.25) is 0 Å². The number of anilines is 2. The smallest absolute Gasteiger partial charge is 0.162 e. The van der Waals surface area contributed by atoms with Crippen molar-refractivity contribution in [2.75, 3.05) is 9.62 Å². The first kappa shape index (κ1) is 16.3. The van der Waals surface area contributed by atoms with Crippen molar-refractivity contribution in [1.29, 1.82) is 0 Å². The number of nitrogens with one attached hydrogen (secondary N) is 2. The number of aromatic nitrogens is 4. The molecular formula is C19H16N6S2. The average molecular weight is 393 g/mol. The molecule has 2 N–H and O–H groups in total. The van der Waals surface area contributed by atoms with Gasteiger partial charge in [0, 0.05) is 9.77 Å².